The number of carbonyl (C=O) groups is 1. The third kappa shape index (κ3) is 3.99. The van der Waals surface area contributed by atoms with Crippen LogP contribution in [0.3, 0.4) is 0 Å². The predicted molar refractivity (Wildman–Crippen MR) is 122 cm³/mol. The molecule has 1 aliphatic heterocycles. The summed E-state index contributed by atoms with van der Waals surface area (Å²) in [4.78, 5) is 18.7. The van der Waals surface area contributed by atoms with Gasteiger partial charge >= 0.3 is 0 Å². The van der Waals surface area contributed by atoms with E-state index in [-0.39, 0.29) is 5.78 Å². The number of thioether (sulfide) groups is 1. The van der Waals surface area contributed by atoms with Crippen molar-refractivity contribution in [2.75, 3.05) is 23.7 Å². The van der Waals surface area contributed by atoms with Crippen molar-refractivity contribution in [3.05, 3.63) is 59.7 Å². The van der Waals surface area contributed by atoms with Crippen LogP contribution in [-0.4, -0.2) is 44.4 Å². The molecule has 4 heterocycles. The Bertz CT molecular complexity index is 1190. The van der Waals surface area contributed by atoms with Crippen molar-refractivity contribution in [3.63, 3.8) is 0 Å². The van der Waals surface area contributed by atoms with Crippen LogP contribution in [0.1, 0.15) is 41.1 Å². The van der Waals surface area contributed by atoms with E-state index in [0.717, 1.165) is 65.0 Å². The lowest BCUT2D eigenvalue weighted by molar-refractivity contribution is 0.102. The molecule has 1 aromatic carbocycles. The van der Waals surface area contributed by atoms with Crippen LogP contribution in [0, 0.1) is 6.92 Å². The van der Waals surface area contributed by atoms with Gasteiger partial charge in [0.05, 0.1) is 18.6 Å². The number of furan rings is 1. The van der Waals surface area contributed by atoms with E-state index in [1.54, 1.807) is 6.26 Å². The molecule has 0 bridgehead atoms. The molecule has 1 fully saturated rings. The average Bonchev–Trinajstić information content (AvgIpc) is 3.51. The zero-order chi connectivity index (χ0) is 21.2. The summed E-state index contributed by atoms with van der Waals surface area (Å²) in [6.07, 6.45) is 5.25. The molecule has 1 N–H and O–H groups in total. The van der Waals surface area contributed by atoms with Crippen LogP contribution in [0.25, 0.3) is 10.9 Å². The summed E-state index contributed by atoms with van der Waals surface area (Å²) < 4.78 is 7.65. The molecule has 1 aliphatic rings. The molecule has 1 saturated heterocycles. The Labute approximate surface area is 184 Å². The minimum Gasteiger partial charge on any atom is -0.467 e. The monoisotopic (exact) mass is 435 g/mol. The van der Waals surface area contributed by atoms with Gasteiger partial charge in [-0.1, -0.05) is 30.0 Å². The molecule has 160 valence electrons. The van der Waals surface area contributed by atoms with Gasteiger partial charge in [-0.3, -0.25) is 9.36 Å². The van der Waals surface area contributed by atoms with Crippen LogP contribution in [0.4, 0.5) is 5.95 Å². The zero-order valence-electron chi connectivity index (χ0n) is 17.5. The van der Waals surface area contributed by atoms with Crippen LogP contribution in [0.2, 0.25) is 0 Å². The van der Waals surface area contributed by atoms with Gasteiger partial charge in [0, 0.05) is 35.2 Å². The van der Waals surface area contributed by atoms with E-state index in [2.05, 4.69) is 24.6 Å². The second kappa shape index (κ2) is 8.63. The second-order valence-electron chi connectivity index (χ2n) is 7.88. The molecule has 0 atom stereocenters. The van der Waals surface area contributed by atoms with Crippen LogP contribution >= 0.6 is 11.8 Å². The number of fused-ring (bicyclic) bond motifs is 1. The average molecular weight is 436 g/mol. The Balaban J connectivity index is 1.40. The van der Waals surface area contributed by atoms with E-state index < -0.39 is 0 Å². The second-order valence-corrected chi connectivity index (χ2v) is 8.82. The highest BCUT2D eigenvalue weighted by Crippen LogP contribution is 2.28. The highest BCUT2D eigenvalue weighted by Gasteiger charge is 2.23. The predicted octanol–water partition coefficient (Wildman–Crippen LogP) is 4.67. The fraction of sp³-hybridized carbons (Fsp3) is 0.348. The van der Waals surface area contributed by atoms with E-state index in [1.165, 1.54) is 18.2 Å². The number of hydrogen-bond donors (Lipinski definition) is 1. The Morgan fingerprint density at radius 2 is 1.97 bits per heavy atom. The molecule has 7 nitrogen and oxygen atoms in total. The number of Topliss-reactive ketones (excluding diaryl/α,β-unsaturated/α-hetero) is 1. The van der Waals surface area contributed by atoms with Crippen molar-refractivity contribution in [1.82, 2.24) is 19.7 Å². The number of anilines is 1. The summed E-state index contributed by atoms with van der Waals surface area (Å²) in [5.74, 6) is 2.10. The number of nitrogens with one attached hydrogen (secondary N) is 1. The first-order valence-electron chi connectivity index (χ1n) is 10.6. The summed E-state index contributed by atoms with van der Waals surface area (Å²) in [6.45, 7) is 4.46. The number of benzene rings is 1. The van der Waals surface area contributed by atoms with Gasteiger partial charge in [-0.25, -0.2) is 0 Å². The number of aromatic amines is 1. The number of aryl methyl sites for hydroxylation is 1. The maximum Gasteiger partial charge on any atom is 0.228 e. The first-order valence-corrected chi connectivity index (χ1v) is 11.6. The van der Waals surface area contributed by atoms with E-state index in [4.69, 9.17) is 4.42 Å². The molecule has 0 amide bonds. The Morgan fingerprint density at radius 1 is 1.13 bits per heavy atom. The van der Waals surface area contributed by atoms with Crippen LogP contribution in [0.15, 0.2) is 52.2 Å². The number of piperidine rings is 1. The van der Waals surface area contributed by atoms with Gasteiger partial charge in [0.25, 0.3) is 0 Å². The lowest BCUT2D eigenvalue weighted by Gasteiger charge is -2.27. The molecule has 31 heavy (non-hydrogen) atoms. The van der Waals surface area contributed by atoms with Gasteiger partial charge in [0.2, 0.25) is 5.95 Å². The Hall–Kier alpha value is -3.00. The maximum atomic E-state index is 13.1. The van der Waals surface area contributed by atoms with Gasteiger partial charge in [0.1, 0.15) is 5.76 Å². The molecular formula is C23H25N5O2S. The molecule has 3 aromatic heterocycles. The van der Waals surface area contributed by atoms with E-state index in [0.29, 0.717) is 12.3 Å². The maximum absolute atomic E-state index is 13.1. The number of para-hydroxylation sites is 1. The molecule has 8 heteroatoms. The molecule has 0 unspecified atom stereocenters. The molecular weight excluding hydrogens is 410 g/mol. The van der Waals surface area contributed by atoms with Crippen molar-refractivity contribution < 1.29 is 9.21 Å². The lowest BCUT2D eigenvalue weighted by atomic mass is 10.1. The number of rotatable bonds is 7. The molecule has 0 saturated carbocycles. The SMILES string of the molecule is Cc1[nH]c2ccccc2c1C(=O)CSc1nnc(N2CCCCC2)n1Cc1ccco1. The number of carbonyl (C=O) groups excluding carboxylic acids is 1. The highest BCUT2D eigenvalue weighted by molar-refractivity contribution is 7.99. The normalized spacial score (nSPS) is 14.4. The summed E-state index contributed by atoms with van der Waals surface area (Å²) >= 11 is 1.43. The zero-order valence-corrected chi connectivity index (χ0v) is 18.3. The largest absolute Gasteiger partial charge is 0.467 e. The number of aromatic nitrogens is 4. The smallest absolute Gasteiger partial charge is 0.228 e. The van der Waals surface area contributed by atoms with Crippen molar-refractivity contribution in [1.29, 1.82) is 0 Å². The quantitative estimate of drug-likeness (QED) is 0.336. The van der Waals surface area contributed by atoms with Crippen LogP contribution in [0.5, 0.6) is 0 Å². The molecule has 5 rings (SSSR count). The minimum absolute atomic E-state index is 0.0898. The topological polar surface area (TPSA) is 80.0 Å². The Morgan fingerprint density at radius 3 is 2.77 bits per heavy atom. The van der Waals surface area contributed by atoms with Crippen molar-refractivity contribution in [2.24, 2.45) is 0 Å². The Kier molecular flexibility index (Phi) is 5.55. The summed E-state index contributed by atoms with van der Waals surface area (Å²) in [5, 5.41) is 10.6. The third-order valence-corrected chi connectivity index (χ3v) is 6.70. The van der Waals surface area contributed by atoms with E-state index in [1.807, 2.05) is 43.3 Å². The summed E-state index contributed by atoms with van der Waals surface area (Å²) in [5.41, 5.74) is 2.65. The van der Waals surface area contributed by atoms with E-state index in [9.17, 15) is 4.79 Å². The van der Waals surface area contributed by atoms with Gasteiger partial charge in [-0.05, 0) is 44.4 Å². The van der Waals surface area contributed by atoms with Gasteiger partial charge in [-0.15, -0.1) is 10.2 Å². The van der Waals surface area contributed by atoms with Crippen molar-refractivity contribution in [2.45, 2.75) is 37.9 Å². The van der Waals surface area contributed by atoms with Crippen molar-refractivity contribution in [3.8, 4) is 0 Å². The number of H-pyrrole nitrogens is 1. The molecule has 0 spiro atoms. The van der Waals surface area contributed by atoms with Gasteiger partial charge in [0.15, 0.2) is 10.9 Å². The van der Waals surface area contributed by atoms with E-state index >= 15 is 0 Å². The van der Waals surface area contributed by atoms with Gasteiger partial charge < -0.3 is 14.3 Å². The summed E-state index contributed by atoms with van der Waals surface area (Å²) in [6, 6.07) is 11.8. The first-order chi connectivity index (χ1) is 15.2. The van der Waals surface area contributed by atoms with Gasteiger partial charge in [-0.2, -0.15) is 0 Å². The molecule has 4 aromatic rings. The fourth-order valence-corrected chi connectivity index (χ4v) is 5.06. The highest BCUT2D eigenvalue weighted by atomic mass is 32.2. The third-order valence-electron chi connectivity index (χ3n) is 5.74. The minimum atomic E-state index is 0.0898. The van der Waals surface area contributed by atoms with Crippen molar-refractivity contribution >= 4 is 34.4 Å². The number of nitrogens with zero attached hydrogens (tertiary/aromatic N) is 4. The molecule has 0 radical (unpaired) electrons. The van der Waals surface area contributed by atoms with Crippen LogP contribution in [-0.2, 0) is 6.54 Å². The summed E-state index contributed by atoms with van der Waals surface area (Å²) in [7, 11) is 0. The fourth-order valence-electron chi connectivity index (χ4n) is 4.25. The molecule has 0 aliphatic carbocycles. The lowest BCUT2D eigenvalue weighted by Crippen LogP contribution is -2.32. The number of ketones is 1. The standard InChI is InChI=1S/C23H25N5O2S/c1-16-21(18-9-3-4-10-19(18)24-16)20(29)15-31-23-26-25-22(27-11-5-2-6-12-27)28(23)14-17-8-7-13-30-17/h3-4,7-10,13,24H,2,5-6,11-12,14-15H2,1H3. The number of hydrogen-bond acceptors (Lipinski definition) is 6. The first kappa shape index (κ1) is 19.9. The van der Waals surface area contributed by atoms with Crippen LogP contribution < -0.4 is 4.90 Å².